The Kier molecular flexibility index (Phi) is 5.39. The van der Waals surface area contributed by atoms with Gasteiger partial charge in [-0.25, -0.2) is 8.42 Å². The summed E-state index contributed by atoms with van der Waals surface area (Å²) < 4.78 is 23.4. The molecule has 26 heavy (non-hydrogen) atoms. The zero-order valence-corrected chi connectivity index (χ0v) is 16.5. The smallest absolute Gasteiger partial charge is 0.227 e. The predicted molar refractivity (Wildman–Crippen MR) is 104 cm³/mol. The molecule has 1 heterocycles. The highest BCUT2D eigenvalue weighted by Crippen LogP contribution is 2.31. The fraction of sp³-hybridized carbons (Fsp3) is 0.350. The van der Waals surface area contributed by atoms with E-state index in [1.54, 1.807) is 18.2 Å². The van der Waals surface area contributed by atoms with Crippen LogP contribution >= 0.6 is 11.6 Å². The summed E-state index contributed by atoms with van der Waals surface area (Å²) in [5.74, 6) is -0.149. The van der Waals surface area contributed by atoms with Gasteiger partial charge in [0, 0.05) is 17.8 Å². The van der Waals surface area contributed by atoms with Gasteiger partial charge in [0.1, 0.15) is 0 Å². The molecule has 4 nitrogen and oxygen atoms in total. The van der Waals surface area contributed by atoms with E-state index in [0.717, 1.165) is 6.42 Å². The number of rotatable bonds is 4. The fourth-order valence-electron chi connectivity index (χ4n) is 3.58. The van der Waals surface area contributed by atoms with Crippen molar-refractivity contribution in [3.05, 3.63) is 69.7 Å². The Balaban J connectivity index is 1.85. The van der Waals surface area contributed by atoms with Crippen molar-refractivity contribution in [2.45, 2.75) is 31.6 Å². The van der Waals surface area contributed by atoms with E-state index in [4.69, 9.17) is 11.6 Å². The Morgan fingerprint density at radius 3 is 2.65 bits per heavy atom. The number of nitrogens with zero attached hydrogens (tertiary/aromatic N) is 1. The Morgan fingerprint density at radius 1 is 1.19 bits per heavy atom. The van der Waals surface area contributed by atoms with E-state index < -0.39 is 9.84 Å². The van der Waals surface area contributed by atoms with Crippen LogP contribution < -0.4 is 0 Å². The topological polar surface area (TPSA) is 54.5 Å². The second kappa shape index (κ2) is 7.41. The third-order valence-electron chi connectivity index (χ3n) is 4.88. The Bertz CT molecular complexity index is 940. The average Bonchev–Trinajstić information content (AvgIpc) is 2.57. The van der Waals surface area contributed by atoms with Crippen molar-refractivity contribution in [3.63, 3.8) is 0 Å². The van der Waals surface area contributed by atoms with Gasteiger partial charge in [0.25, 0.3) is 0 Å². The maximum Gasteiger partial charge on any atom is 0.227 e. The minimum Gasteiger partial charge on any atom is -0.335 e. The van der Waals surface area contributed by atoms with Crippen LogP contribution in [0.1, 0.15) is 35.2 Å². The minimum absolute atomic E-state index is 0.00621. The summed E-state index contributed by atoms with van der Waals surface area (Å²) in [4.78, 5) is 14.8. The zero-order valence-electron chi connectivity index (χ0n) is 14.9. The van der Waals surface area contributed by atoms with Crippen molar-refractivity contribution in [3.8, 4) is 0 Å². The Morgan fingerprint density at radius 2 is 1.92 bits per heavy atom. The monoisotopic (exact) mass is 391 g/mol. The van der Waals surface area contributed by atoms with E-state index in [1.807, 2.05) is 24.0 Å². The number of benzene rings is 2. The number of halogens is 1. The largest absolute Gasteiger partial charge is 0.335 e. The lowest BCUT2D eigenvalue weighted by Gasteiger charge is -2.35. The van der Waals surface area contributed by atoms with Crippen molar-refractivity contribution < 1.29 is 13.2 Å². The van der Waals surface area contributed by atoms with Crippen molar-refractivity contribution in [2.24, 2.45) is 0 Å². The van der Waals surface area contributed by atoms with Gasteiger partial charge < -0.3 is 4.90 Å². The average molecular weight is 392 g/mol. The molecule has 0 fully saturated rings. The summed E-state index contributed by atoms with van der Waals surface area (Å²) in [7, 11) is -3.21. The minimum atomic E-state index is -3.21. The molecule has 0 bridgehead atoms. The van der Waals surface area contributed by atoms with Gasteiger partial charge >= 0.3 is 0 Å². The molecule has 0 N–H and O–H groups in total. The van der Waals surface area contributed by atoms with Crippen molar-refractivity contribution in [2.75, 3.05) is 12.8 Å². The number of sulfone groups is 1. The summed E-state index contributed by atoms with van der Waals surface area (Å²) in [5, 5.41) is 0.435. The summed E-state index contributed by atoms with van der Waals surface area (Å²) in [6, 6.07) is 13.3. The normalized spacial score (nSPS) is 17.0. The van der Waals surface area contributed by atoms with Crippen LogP contribution in [0.2, 0.25) is 5.02 Å². The molecule has 2 aromatic rings. The van der Waals surface area contributed by atoms with Crippen LogP contribution in [0.3, 0.4) is 0 Å². The summed E-state index contributed by atoms with van der Waals surface area (Å²) in [6.45, 7) is 2.68. The van der Waals surface area contributed by atoms with E-state index in [0.29, 0.717) is 22.7 Å². The van der Waals surface area contributed by atoms with E-state index in [9.17, 15) is 13.2 Å². The molecular weight excluding hydrogens is 370 g/mol. The quantitative estimate of drug-likeness (QED) is 0.800. The van der Waals surface area contributed by atoms with E-state index >= 15 is 0 Å². The first-order chi connectivity index (χ1) is 12.3. The summed E-state index contributed by atoms with van der Waals surface area (Å²) >= 11 is 6.29. The lowest BCUT2D eigenvalue weighted by Crippen LogP contribution is -2.39. The third-order valence-corrected chi connectivity index (χ3v) is 6.07. The molecule has 0 unspecified atom stereocenters. The highest BCUT2D eigenvalue weighted by molar-refractivity contribution is 7.89. The third kappa shape index (κ3) is 4.10. The van der Waals surface area contributed by atoms with E-state index in [2.05, 4.69) is 12.1 Å². The molecule has 1 atom stereocenters. The molecule has 1 aliphatic rings. The highest BCUT2D eigenvalue weighted by atomic mass is 35.5. The van der Waals surface area contributed by atoms with Gasteiger partial charge in [-0.05, 0) is 41.7 Å². The van der Waals surface area contributed by atoms with Crippen LogP contribution in [0.5, 0.6) is 0 Å². The summed E-state index contributed by atoms with van der Waals surface area (Å²) in [5.41, 5.74) is 3.65. The number of fused-ring (bicyclic) bond motifs is 1. The zero-order chi connectivity index (χ0) is 18.9. The van der Waals surface area contributed by atoms with Crippen molar-refractivity contribution in [1.29, 1.82) is 0 Å². The van der Waals surface area contributed by atoms with Crippen LogP contribution in [0, 0.1) is 0 Å². The van der Waals surface area contributed by atoms with Gasteiger partial charge in [-0.2, -0.15) is 0 Å². The van der Waals surface area contributed by atoms with Crippen LogP contribution in [-0.4, -0.2) is 32.0 Å². The van der Waals surface area contributed by atoms with Crippen molar-refractivity contribution >= 4 is 27.3 Å². The number of carbonyl (C=O) groups is 1. The first-order valence-corrected chi connectivity index (χ1v) is 11.0. The lowest BCUT2D eigenvalue weighted by molar-refractivity contribution is -0.133. The molecule has 2 aromatic carbocycles. The van der Waals surface area contributed by atoms with Crippen LogP contribution in [-0.2, 0) is 33.2 Å². The van der Waals surface area contributed by atoms with Gasteiger partial charge in [0.2, 0.25) is 5.91 Å². The molecule has 1 aliphatic heterocycles. The SMILES string of the molecule is C[C@H]1c2ccccc2CCN1C(=O)Cc1c(Cl)cccc1CS(C)(=O)=O. The molecule has 3 rings (SSSR count). The van der Waals surface area contributed by atoms with Crippen LogP contribution in [0.25, 0.3) is 0 Å². The maximum absolute atomic E-state index is 13.0. The van der Waals surface area contributed by atoms with E-state index in [1.165, 1.54) is 17.4 Å². The summed E-state index contributed by atoms with van der Waals surface area (Å²) in [6.07, 6.45) is 2.12. The van der Waals surface area contributed by atoms with Gasteiger partial charge in [-0.3, -0.25) is 4.79 Å². The second-order valence-corrected chi connectivity index (χ2v) is 9.38. The molecule has 0 saturated heterocycles. The highest BCUT2D eigenvalue weighted by Gasteiger charge is 2.28. The number of hydrogen-bond donors (Lipinski definition) is 0. The maximum atomic E-state index is 13.0. The molecule has 6 heteroatoms. The standard InChI is InChI=1S/C20H22ClNO3S/c1-14-17-8-4-3-6-15(17)10-11-22(14)20(23)12-18-16(13-26(2,24)25)7-5-9-19(18)21/h3-9,14H,10-13H2,1-2H3/t14-/m0/s1. The van der Waals surface area contributed by atoms with Crippen LogP contribution in [0.4, 0.5) is 0 Å². The Labute approximate surface area is 159 Å². The molecule has 0 radical (unpaired) electrons. The molecule has 0 saturated carbocycles. The second-order valence-electron chi connectivity index (χ2n) is 6.84. The molecule has 1 amide bonds. The van der Waals surface area contributed by atoms with Gasteiger partial charge in [-0.1, -0.05) is 48.0 Å². The van der Waals surface area contributed by atoms with Gasteiger partial charge in [0.15, 0.2) is 9.84 Å². The number of hydrogen-bond acceptors (Lipinski definition) is 3. The molecule has 138 valence electrons. The first kappa shape index (κ1) is 18.9. The number of carbonyl (C=O) groups excluding carboxylic acids is 1. The fourth-order valence-corrected chi connectivity index (χ4v) is 4.68. The molecular formula is C20H22ClNO3S. The molecule has 0 spiro atoms. The number of amides is 1. The Hall–Kier alpha value is -1.85. The van der Waals surface area contributed by atoms with Crippen molar-refractivity contribution in [1.82, 2.24) is 4.90 Å². The van der Waals surface area contributed by atoms with Gasteiger partial charge in [0.05, 0.1) is 18.2 Å². The van der Waals surface area contributed by atoms with Crippen LogP contribution in [0.15, 0.2) is 42.5 Å². The molecule has 0 aliphatic carbocycles. The van der Waals surface area contributed by atoms with E-state index in [-0.39, 0.29) is 24.1 Å². The van der Waals surface area contributed by atoms with Gasteiger partial charge in [-0.15, -0.1) is 0 Å². The molecule has 0 aromatic heterocycles. The first-order valence-electron chi connectivity index (χ1n) is 8.57. The lowest BCUT2D eigenvalue weighted by atomic mass is 9.93. The predicted octanol–water partition coefficient (Wildman–Crippen LogP) is 3.57.